The Labute approximate surface area is 293 Å². The van der Waals surface area contributed by atoms with Crippen LogP contribution in [-0.4, -0.2) is 9.13 Å². The van der Waals surface area contributed by atoms with Gasteiger partial charge >= 0.3 is 0 Å². The summed E-state index contributed by atoms with van der Waals surface area (Å²) in [7, 11) is 0. The molecule has 51 heavy (non-hydrogen) atoms. The second-order valence-electron chi connectivity index (χ2n) is 13.3. The normalized spacial score (nSPS) is 11.9. The van der Waals surface area contributed by atoms with Crippen LogP contribution in [0.4, 0.5) is 0 Å². The van der Waals surface area contributed by atoms with Crippen LogP contribution in [0.1, 0.15) is 0 Å². The Balaban J connectivity index is 1.27. The summed E-state index contributed by atoms with van der Waals surface area (Å²) >= 11 is 0. The van der Waals surface area contributed by atoms with Gasteiger partial charge in [-0.3, -0.25) is 0 Å². The zero-order valence-electron chi connectivity index (χ0n) is 27.6. The molecule has 0 fully saturated rings. The lowest BCUT2D eigenvalue weighted by Crippen LogP contribution is -1.97. The average Bonchev–Trinajstić information content (AvgIpc) is 3.85. The molecule has 3 aromatic heterocycles. The van der Waals surface area contributed by atoms with E-state index < -0.39 is 0 Å². The van der Waals surface area contributed by atoms with Gasteiger partial charge in [0.1, 0.15) is 11.2 Å². The molecule has 0 radical (unpaired) electrons. The van der Waals surface area contributed by atoms with Gasteiger partial charge < -0.3 is 13.6 Å². The fourth-order valence-electron chi connectivity index (χ4n) is 8.25. The predicted octanol–water partition coefficient (Wildman–Crippen LogP) is 13.1. The quantitative estimate of drug-likeness (QED) is 0.186. The summed E-state index contributed by atoms with van der Waals surface area (Å²) in [5, 5.41) is 7.18. The molecular weight excluding hydrogens is 621 g/mol. The van der Waals surface area contributed by atoms with Crippen molar-refractivity contribution < 1.29 is 4.42 Å². The molecule has 0 amide bonds. The minimum absolute atomic E-state index is 0.890. The van der Waals surface area contributed by atoms with Crippen LogP contribution in [0.3, 0.4) is 0 Å². The Morgan fingerprint density at radius 2 is 0.843 bits per heavy atom. The number of hydrogen-bond acceptors (Lipinski definition) is 1. The smallest absolute Gasteiger partial charge is 0.137 e. The Morgan fingerprint density at radius 1 is 0.314 bits per heavy atom. The standard InChI is InChI=1S/C48H30N2O/c1-3-14-31(15-4-1)33-26-34(32-16-5-2-6-17-32)28-35(27-33)49-41-21-10-7-18-36(41)39-29-40-37-19-8-11-22-42(37)50(45(40)30-44(39)49)43-23-13-25-47-48(43)38-20-9-12-24-46(38)51-47/h1-30H. The molecule has 0 N–H and O–H groups in total. The molecule has 0 aliphatic rings. The highest BCUT2D eigenvalue weighted by atomic mass is 16.3. The molecule has 11 rings (SSSR count). The SMILES string of the molecule is c1ccc(-c2cc(-c3ccccc3)cc(-n3c4ccccc4c4cc5c6ccccc6n(-c6cccc7oc8ccccc8c67)c5cc43)c2)cc1. The van der Waals surface area contributed by atoms with Gasteiger partial charge in [0.15, 0.2) is 0 Å². The number of furan rings is 1. The molecule has 0 bridgehead atoms. The molecule has 0 aliphatic heterocycles. The first-order valence-corrected chi connectivity index (χ1v) is 17.4. The van der Waals surface area contributed by atoms with Crippen LogP contribution < -0.4 is 0 Å². The molecule has 0 unspecified atom stereocenters. The van der Waals surface area contributed by atoms with E-state index in [4.69, 9.17) is 4.42 Å². The minimum Gasteiger partial charge on any atom is -0.456 e. The molecule has 0 atom stereocenters. The molecular formula is C48H30N2O. The number of fused-ring (bicyclic) bond motifs is 9. The van der Waals surface area contributed by atoms with E-state index in [0.717, 1.165) is 38.8 Å². The summed E-state index contributed by atoms with van der Waals surface area (Å²) in [6, 6.07) is 65.6. The van der Waals surface area contributed by atoms with E-state index in [9.17, 15) is 0 Å². The lowest BCUT2D eigenvalue weighted by molar-refractivity contribution is 0.669. The molecule has 3 nitrogen and oxygen atoms in total. The Bertz CT molecular complexity index is 3070. The first-order chi connectivity index (χ1) is 25.3. The van der Waals surface area contributed by atoms with Gasteiger partial charge in [-0.1, -0.05) is 121 Å². The third-order valence-corrected chi connectivity index (χ3v) is 10.5. The summed E-state index contributed by atoms with van der Waals surface area (Å²) in [6.07, 6.45) is 0. The van der Waals surface area contributed by atoms with Crippen molar-refractivity contribution >= 4 is 65.6 Å². The number of nitrogens with zero attached hydrogens (tertiary/aromatic N) is 2. The van der Waals surface area contributed by atoms with E-state index in [1.54, 1.807) is 0 Å². The maximum atomic E-state index is 6.38. The van der Waals surface area contributed by atoms with Crippen LogP contribution in [0.25, 0.3) is 99.2 Å². The third-order valence-electron chi connectivity index (χ3n) is 10.5. The van der Waals surface area contributed by atoms with Gasteiger partial charge in [0.2, 0.25) is 0 Å². The molecule has 0 spiro atoms. The molecule has 0 aliphatic carbocycles. The van der Waals surface area contributed by atoms with Crippen LogP contribution in [0, 0.1) is 0 Å². The van der Waals surface area contributed by atoms with Gasteiger partial charge in [0.25, 0.3) is 0 Å². The van der Waals surface area contributed by atoms with Gasteiger partial charge in [0.05, 0.1) is 33.1 Å². The fourth-order valence-corrected chi connectivity index (χ4v) is 8.25. The Kier molecular flexibility index (Phi) is 5.96. The van der Waals surface area contributed by atoms with E-state index in [0.29, 0.717) is 0 Å². The molecule has 0 saturated heterocycles. The molecule has 8 aromatic carbocycles. The largest absolute Gasteiger partial charge is 0.456 e. The van der Waals surface area contributed by atoms with Gasteiger partial charge in [0, 0.05) is 32.6 Å². The van der Waals surface area contributed by atoms with Crippen molar-refractivity contribution in [2.45, 2.75) is 0 Å². The highest BCUT2D eigenvalue weighted by molar-refractivity contribution is 6.20. The van der Waals surface area contributed by atoms with Crippen LogP contribution in [-0.2, 0) is 0 Å². The van der Waals surface area contributed by atoms with E-state index in [1.807, 2.05) is 6.07 Å². The summed E-state index contributed by atoms with van der Waals surface area (Å²) in [4.78, 5) is 0. The monoisotopic (exact) mass is 650 g/mol. The summed E-state index contributed by atoms with van der Waals surface area (Å²) in [5.74, 6) is 0. The number of aromatic nitrogens is 2. The van der Waals surface area contributed by atoms with Crippen LogP contribution in [0.5, 0.6) is 0 Å². The van der Waals surface area contributed by atoms with Crippen molar-refractivity contribution in [3.8, 4) is 33.6 Å². The van der Waals surface area contributed by atoms with Crippen molar-refractivity contribution in [2.24, 2.45) is 0 Å². The molecule has 3 heterocycles. The third kappa shape index (κ3) is 4.19. The average molecular weight is 651 g/mol. The summed E-state index contributed by atoms with van der Waals surface area (Å²) in [6.45, 7) is 0. The second kappa shape index (κ2) is 10.8. The summed E-state index contributed by atoms with van der Waals surface area (Å²) in [5.41, 5.74) is 13.5. The zero-order chi connectivity index (χ0) is 33.5. The van der Waals surface area contributed by atoms with Crippen LogP contribution in [0.2, 0.25) is 0 Å². The zero-order valence-corrected chi connectivity index (χ0v) is 27.6. The fraction of sp³-hybridized carbons (Fsp3) is 0. The van der Waals surface area contributed by atoms with Crippen LogP contribution in [0.15, 0.2) is 186 Å². The highest BCUT2D eigenvalue weighted by Gasteiger charge is 2.21. The van der Waals surface area contributed by atoms with Crippen molar-refractivity contribution in [1.82, 2.24) is 9.13 Å². The first-order valence-electron chi connectivity index (χ1n) is 17.4. The van der Waals surface area contributed by atoms with Crippen molar-refractivity contribution in [3.05, 3.63) is 182 Å². The van der Waals surface area contributed by atoms with E-state index in [-0.39, 0.29) is 0 Å². The first kappa shape index (κ1) is 28.0. The van der Waals surface area contributed by atoms with Gasteiger partial charge in [-0.15, -0.1) is 0 Å². The lowest BCUT2D eigenvalue weighted by atomic mass is 9.98. The van der Waals surface area contributed by atoms with Crippen molar-refractivity contribution in [2.75, 3.05) is 0 Å². The highest BCUT2D eigenvalue weighted by Crippen LogP contribution is 2.43. The van der Waals surface area contributed by atoms with Gasteiger partial charge in [-0.05, 0) is 82.9 Å². The van der Waals surface area contributed by atoms with E-state index >= 15 is 0 Å². The maximum Gasteiger partial charge on any atom is 0.137 e. The topological polar surface area (TPSA) is 23.0 Å². The Hall–Kier alpha value is -6.84. The second-order valence-corrected chi connectivity index (χ2v) is 13.3. The lowest BCUT2D eigenvalue weighted by Gasteiger charge is -2.14. The van der Waals surface area contributed by atoms with Crippen molar-refractivity contribution in [3.63, 3.8) is 0 Å². The van der Waals surface area contributed by atoms with Crippen LogP contribution >= 0.6 is 0 Å². The van der Waals surface area contributed by atoms with E-state index in [2.05, 4.69) is 185 Å². The molecule has 11 aromatic rings. The summed E-state index contributed by atoms with van der Waals surface area (Å²) < 4.78 is 11.3. The number of hydrogen-bond donors (Lipinski definition) is 0. The molecule has 3 heteroatoms. The number of benzene rings is 8. The number of para-hydroxylation sites is 3. The molecule has 0 saturated carbocycles. The predicted molar refractivity (Wildman–Crippen MR) is 213 cm³/mol. The Morgan fingerprint density at radius 3 is 1.51 bits per heavy atom. The van der Waals surface area contributed by atoms with E-state index in [1.165, 1.54) is 60.3 Å². The molecule has 238 valence electrons. The van der Waals surface area contributed by atoms with Gasteiger partial charge in [-0.2, -0.15) is 0 Å². The maximum absolute atomic E-state index is 6.38. The number of rotatable bonds is 4. The minimum atomic E-state index is 0.890. The van der Waals surface area contributed by atoms with Crippen molar-refractivity contribution in [1.29, 1.82) is 0 Å². The van der Waals surface area contributed by atoms with Gasteiger partial charge in [-0.25, -0.2) is 0 Å².